The Morgan fingerprint density at radius 1 is 1.35 bits per heavy atom. The van der Waals surface area contributed by atoms with Crippen LogP contribution in [0.15, 0.2) is 12.3 Å². The van der Waals surface area contributed by atoms with Gasteiger partial charge in [-0.2, -0.15) is 13.2 Å². The molecule has 1 rings (SSSR count). The lowest BCUT2D eigenvalue weighted by molar-refractivity contribution is -0.136. The molecule has 0 atom stereocenters. The average Bonchev–Trinajstić information content (AvgIpc) is 2.25. The molecule has 7 heteroatoms. The third-order valence-electron chi connectivity index (χ3n) is 1.92. The van der Waals surface area contributed by atoms with Gasteiger partial charge in [0.05, 0.1) is 12.5 Å². The smallest absolute Gasteiger partial charge is 0.389 e. The van der Waals surface area contributed by atoms with Crippen LogP contribution in [0.4, 0.5) is 17.6 Å². The van der Waals surface area contributed by atoms with Crippen LogP contribution in [0.2, 0.25) is 0 Å². The fraction of sp³-hybridized carbons (Fsp3) is 0.500. The first-order chi connectivity index (χ1) is 7.94. The fourth-order valence-electron chi connectivity index (χ4n) is 1.11. The molecule has 0 fully saturated rings. The molecule has 96 valence electrons. The maximum absolute atomic E-state index is 13.4. The van der Waals surface area contributed by atoms with Gasteiger partial charge >= 0.3 is 6.18 Å². The molecule has 2 nitrogen and oxygen atoms in total. The van der Waals surface area contributed by atoms with Crippen molar-refractivity contribution >= 4 is 11.6 Å². The molecule has 0 saturated carbocycles. The lowest BCUT2D eigenvalue weighted by atomic mass is 10.3. The molecule has 0 saturated heterocycles. The molecule has 17 heavy (non-hydrogen) atoms. The Labute approximate surface area is 101 Å². The van der Waals surface area contributed by atoms with Crippen LogP contribution in [-0.4, -0.2) is 17.8 Å². The zero-order valence-electron chi connectivity index (χ0n) is 8.73. The first-order valence-corrected chi connectivity index (χ1v) is 5.36. The van der Waals surface area contributed by atoms with Gasteiger partial charge in [-0.3, -0.25) is 0 Å². The molecule has 0 spiro atoms. The molecule has 0 aliphatic carbocycles. The molecule has 0 unspecified atom stereocenters. The monoisotopic (exact) mass is 271 g/mol. The topological polar surface area (TPSA) is 22.1 Å². The predicted octanol–water partition coefficient (Wildman–Crippen LogP) is 3.68. The number of halogens is 5. The summed E-state index contributed by atoms with van der Waals surface area (Å²) in [5.74, 6) is -1.09. The van der Waals surface area contributed by atoms with E-state index in [0.717, 1.165) is 0 Å². The third kappa shape index (κ3) is 4.77. The number of pyridine rings is 1. The zero-order chi connectivity index (χ0) is 12.9. The van der Waals surface area contributed by atoms with Gasteiger partial charge in [0.1, 0.15) is 0 Å². The van der Waals surface area contributed by atoms with Gasteiger partial charge in [0.25, 0.3) is 5.88 Å². The highest BCUT2D eigenvalue weighted by Gasteiger charge is 2.26. The Hall–Kier alpha value is -1.04. The number of ether oxygens (including phenoxy) is 1. The predicted molar refractivity (Wildman–Crippen MR) is 54.5 cm³/mol. The standard InChI is InChI=1S/C10H10ClF4NO/c11-6-7-2-4-16-9(8(7)12)17-5-1-3-10(13,14)15/h2,4H,1,3,5-6H2. The van der Waals surface area contributed by atoms with Crippen molar-refractivity contribution in [1.29, 1.82) is 0 Å². The SMILES string of the molecule is Fc1c(CCl)ccnc1OCCCC(F)(F)F. The maximum atomic E-state index is 13.4. The summed E-state index contributed by atoms with van der Waals surface area (Å²) in [6.45, 7) is -0.241. The average molecular weight is 272 g/mol. The van der Waals surface area contributed by atoms with Crippen LogP contribution in [0.1, 0.15) is 18.4 Å². The van der Waals surface area contributed by atoms with E-state index in [9.17, 15) is 17.6 Å². The summed E-state index contributed by atoms with van der Waals surface area (Å²) in [4.78, 5) is 3.58. The summed E-state index contributed by atoms with van der Waals surface area (Å²) in [6, 6.07) is 1.38. The molecule has 1 aromatic rings. The number of hydrogen-bond acceptors (Lipinski definition) is 2. The second-order valence-electron chi connectivity index (χ2n) is 3.29. The first-order valence-electron chi connectivity index (χ1n) is 4.83. The van der Waals surface area contributed by atoms with Crippen LogP contribution >= 0.6 is 11.6 Å². The van der Waals surface area contributed by atoms with E-state index < -0.39 is 18.4 Å². The summed E-state index contributed by atoms with van der Waals surface area (Å²) in [7, 11) is 0. The highest BCUT2D eigenvalue weighted by Crippen LogP contribution is 2.22. The number of rotatable bonds is 5. The highest BCUT2D eigenvalue weighted by molar-refractivity contribution is 6.17. The molecule has 1 heterocycles. The number of alkyl halides is 4. The van der Waals surface area contributed by atoms with Gasteiger partial charge in [0.2, 0.25) is 0 Å². The van der Waals surface area contributed by atoms with Crippen LogP contribution in [0.25, 0.3) is 0 Å². The van der Waals surface area contributed by atoms with Crippen LogP contribution in [0.5, 0.6) is 5.88 Å². The Morgan fingerprint density at radius 2 is 2.06 bits per heavy atom. The van der Waals surface area contributed by atoms with Crippen LogP contribution in [0.3, 0.4) is 0 Å². The quantitative estimate of drug-likeness (QED) is 0.463. The van der Waals surface area contributed by atoms with Crippen molar-refractivity contribution in [2.45, 2.75) is 24.9 Å². The summed E-state index contributed by atoms with van der Waals surface area (Å²) < 4.78 is 53.7. The molecule has 0 aliphatic heterocycles. The molecular weight excluding hydrogens is 262 g/mol. The minimum atomic E-state index is -4.23. The molecule has 0 aromatic carbocycles. The van der Waals surface area contributed by atoms with Gasteiger partial charge in [0, 0.05) is 18.2 Å². The molecule has 0 N–H and O–H groups in total. The summed E-state index contributed by atoms with van der Waals surface area (Å²) in [5, 5.41) is 0. The van der Waals surface area contributed by atoms with Crippen molar-refractivity contribution in [3.05, 3.63) is 23.6 Å². The number of aromatic nitrogens is 1. The van der Waals surface area contributed by atoms with E-state index in [-0.39, 0.29) is 30.4 Å². The van der Waals surface area contributed by atoms with E-state index >= 15 is 0 Å². The third-order valence-corrected chi connectivity index (χ3v) is 2.21. The molecule has 0 aliphatic rings. The van der Waals surface area contributed by atoms with E-state index in [1.165, 1.54) is 12.3 Å². The number of hydrogen-bond donors (Lipinski definition) is 0. The molecule has 0 amide bonds. The second kappa shape index (κ2) is 6.05. The van der Waals surface area contributed by atoms with Gasteiger partial charge in [-0.05, 0) is 12.5 Å². The van der Waals surface area contributed by atoms with E-state index in [2.05, 4.69) is 4.98 Å². The Balaban J connectivity index is 2.47. The van der Waals surface area contributed by atoms with E-state index in [1.54, 1.807) is 0 Å². The summed E-state index contributed by atoms with van der Waals surface area (Å²) in [6.07, 6.45) is -4.15. The van der Waals surface area contributed by atoms with E-state index in [4.69, 9.17) is 16.3 Å². The van der Waals surface area contributed by atoms with Crippen molar-refractivity contribution in [1.82, 2.24) is 4.98 Å². The second-order valence-corrected chi connectivity index (χ2v) is 3.56. The highest BCUT2D eigenvalue weighted by atomic mass is 35.5. The lowest BCUT2D eigenvalue weighted by Gasteiger charge is -2.09. The summed E-state index contributed by atoms with van der Waals surface area (Å²) >= 11 is 5.45. The molecule has 0 bridgehead atoms. The van der Waals surface area contributed by atoms with Gasteiger partial charge in [0.15, 0.2) is 5.82 Å². The van der Waals surface area contributed by atoms with Gasteiger partial charge in [-0.25, -0.2) is 9.37 Å². The Kier molecular flexibility index (Phi) is 4.99. The maximum Gasteiger partial charge on any atom is 0.389 e. The molecule has 0 radical (unpaired) electrons. The van der Waals surface area contributed by atoms with E-state index in [0.29, 0.717) is 0 Å². The lowest BCUT2D eigenvalue weighted by Crippen LogP contribution is -2.10. The molecular formula is C10H10ClF4NO. The van der Waals surface area contributed by atoms with Crippen LogP contribution in [0, 0.1) is 5.82 Å². The fourth-order valence-corrected chi connectivity index (χ4v) is 1.31. The summed E-state index contributed by atoms with van der Waals surface area (Å²) in [5.41, 5.74) is 0.201. The molecule has 1 aromatic heterocycles. The van der Waals surface area contributed by atoms with Crippen LogP contribution < -0.4 is 4.74 Å². The van der Waals surface area contributed by atoms with Crippen molar-refractivity contribution in [2.75, 3.05) is 6.61 Å². The van der Waals surface area contributed by atoms with Crippen LogP contribution in [-0.2, 0) is 5.88 Å². The van der Waals surface area contributed by atoms with Crippen molar-refractivity contribution in [3.63, 3.8) is 0 Å². The minimum Gasteiger partial charge on any atom is -0.476 e. The van der Waals surface area contributed by atoms with E-state index in [1.807, 2.05) is 0 Å². The Morgan fingerprint density at radius 3 is 2.65 bits per heavy atom. The Bertz CT molecular complexity index is 370. The first kappa shape index (κ1) is 14.0. The van der Waals surface area contributed by atoms with Crippen molar-refractivity contribution in [2.24, 2.45) is 0 Å². The van der Waals surface area contributed by atoms with Crippen molar-refractivity contribution < 1.29 is 22.3 Å². The van der Waals surface area contributed by atoms with Crippen molar-refractivity contribution in [3.8, 4) is 5.88 Å². The van der Waals surface area contributed by atoms with Gasteiger partial charge in [-0.1, -0.05) is 0 Å². The normalized spacial score (nSPS) is 11.6. The largest absolute Gasteiger partial charge is 0.476 e. The minimum absolute atomic E-state index is 0.0483. The van der Waals surface area contributed by atoms with Gasteiger partial charge in [-0.15, -0.1) is 11.6 Å². The van der Waals surface area contributed by atoms with Gasteiger partial charge < -0.3 is 4.74 Å². The number of nitrogens with zero attached hydrogens (tertiary/aromatic N) is 1. The zero-order valence-corrected chi connectivity index (χ0v) is 9.48.